The van der Waals surface area contributed by atoms with Crippen LogP contribution in [0.15, 0.2) is 94.5 Å². The molecule has 3 heterocycles. The van der Waals surface area contributed by atoms with Gasteiger partial charge in [-0.2, -0.15) is 0 Å². The molecule has 6 heteroatoms. The number of rotatable bonds is 4. The molecule has 2 aliphatic heterocycles. The topological polar surface area (TPSA) is 59.5 Å². The van der Waals surface area contributed by atoms with Gasteiger partial charge >= 0.3 is 0 Å². The largest absolute Gasteiger partial charge is 0.487 e. The summed E-state index contributed by atoms with van der Waals surface area (Å²) < 4.78 is 30.7. The summed E-state index contributed by atoms with van der Waals surface area (Å²) in [6.07, 6.45) is 10.9. The summed E-state index contributed by atoms with van der Waals surface area (Å²) >= 11 is 0. The maximum atomic E-state index is 12.6. The fraction of sp³-hybridized carbons (Fsp3) is 0.105. The molecule has 2 aromatic rings. The predicted octanol–water partition coefficient (Wildman–Crippen LogP) is 3.04. The number of benzene rings is 1. The summed E-state index contributed by atoms with van der Waals surface area (Å²) in [6, 6.07) is 10.1. The van der Waals surface area contributed by atoms with Crippen molar-refractivity contribution < 1.29 is 13.2 Å². The van der Waals surface area contributed by atoms with Crippen molar-refractivity contribution in [2.75, 3.05) is 6.61 Å². The molecule has 0 bridgehead atoms. The molecule has 1 aromatic carbocycles. The molecule has 0 radical (unpaired) electrons. The fourth-order valence-corrected chi connectivity index (χ4v) is 3.99. The Labute approximate surface area is 146 Å². The molecule has 2 aliphatic rings. The Bertz CT molecular complexity index is 975. The summed E-state index contributed by atoms with van der Waals surface area (Å²) in [7, 11) is -3.53. The van der Waals surface area contributed by atoms with Crippen LogP contribution in [0.4, 0.5) is 0 Å². The van der Waals surface area contributed by atoms with Crippen molar-refractivity contribution >= 4 is 9.84 Å². The average molecular weight is 352 g/mol. The lowest BCUT2D eigenvalue weighted by Gasteiger charge is -2.20. The Morgan fingerprint density at radius 2 is 1.96 bits per heavy atom. The van der Waals surface area contributed by atoms with Gasteiger partial charge in [0.15, 0.2) is 0 Å². The highest BCUT2D eigenvalue weighted by atomic mass is 32.2. The SMILES string of the molecule is O=S(=O)(c1ccc(CN2C=CC3=CCOC3=C2)cc1)c1cccnc1. The van der Waals surface area contributed by atoms with Crippen LogP contribution < -0.4 is 0 Å². The molecule has 0 aliphatic carbocycles. The molecule has 1 aromatic heterocycles. The first-order chi connectivity index (χ1) is 12.1. The van der Waals surface area contributed by atoms with Crippen LogP contribution in [0.1, 0.15) is 5.56 Å². The summed E-state index contributed by atoms with van der Waals surface area (Å²) in [5.74, 6) is 0.873. The molecule has 0 unspecified atom stereocenters. The number of pyridine rings is 1. The first-order valence-electron chi connectivity index (χ1n) is 7.86. The fourth-order valence-electron chi connectivity index (χ4n) is 2.76. The number of hydrogen-bond acceptors (Lipinski definition) is 5. The Morgan fingerprint density at radius 1 is 1.12 bits per heavy atom. The standard InChI is InChI=1S/C19H16N2O3S/c22-25(23,18-2-1-9-20-12-18)17-5-3-15(4-6-17)13-21-10-7-16-8-11-24-19(16)14-21/h1-10,12,14H,11,13H2. The van der Waals surface area contributed by atoms with Crippen LogP contribution in [0.2, 0.25) is 0 Å². The number of sulfone groups is 1. The number of fused-ring (bicyclic) bond motifs is 1. The second-order valence-electron chi connectivity index (χ2n) is 5.79. The van der Waals surface area contributed by atoms with Crippen LogP contribution in [-0.2, 0) is 21.1 Å². The third-order valence-corrected chi connectivity index (χ3v) is 5.85. The Morgan fingerprint density at radius 3 is 2.72 bits per heavy atom. The molecular weight excluding hydrogens is 336 g/mol. The van der Waals surface area contributed by atoms with E-state index in [4.69, 9.17) is 4.74 Å². The smallest absolute Gasteiger partial charge is 0.208 e. The van der Waals surface area contributed by atoms with E-state index in [9.17, 15) is 8.42 Å². The van der Waals surface area contributed by atoms with E-state index in [1.165, 1.54) is 6.20 Å². The highest BCUT2D eigenvalue weighted by Crippen LogP contribution is 2.26. The Hall–Kier alpha value is -2.86. The lowest BCUT2D eigenvalue weighted by Crippen LogP contribution is -2.13. The van der Waals surface area contributed by atoms with Crippen LogP contribution in [-0.4, -0.2) is 24.9 Å². The minimum Gasteiger partial charge on any atom is -0.487 e. The summed E-state index contributed by atoms with van der Waals surface area (Å²) in [6.45, 7) is 1.25. The summed E-state index contributed by atoms with van der Waals surface area (Å²) in [5, 5.41) is 0. The van der Waals surface area contributed by atoms with E-state index in [2.05, 4.69) is 4.98 Å². The van der Waals surface area contributed by atoms with E-state index in [1.807, 2.05) is 41.6 Å². The van der Waals surface area contributed by atoms with Crippen molar-refractivity contribution in [2.24, 2.45) is 0 Å². The van der Waals surface area contributed by atoms with Gasteiger partial charge in [-0.1, -0.05) is 12.1 Å². The zero-order chi connectivity index (χ0) is 17.3. The second-order valence-corrected chi connectivity index (χ2v) is 7.74. The van der Waals surface area contributed by atoms with Gasteiger partial charge in [0.1, 0.15) is 12.4 Å². The number of aromatic nitrogens is 1. The molecule has 4 rings (SSSR count). The van der Waals surface area contributed by atoms with Crippen molar-refractivity contribution in [1.82, 2.24) is 9.88 Å². The molecule has 0 saturated carbocycles. The van der Waals surface area contributed by atoms with Crippen LogP contribution in [0.25, 0.3) is 0 Å². The third kappa shape index (κ3) is 3.08. The summed E-state index contributed by atoms with van der Waals surface area (Å²) in [4.78, 5) is 6.36. The number of hydrogen-bond donors (Lipinski definition) is 0. The van der Waals surface area contributed by atoms with Crippen LogP contribution in [0.3, 0.4) is 0 Å². The van der Waals surface area contributed by atoms with Gasteiger partial charge in [0.25, 0.3) is 0 Å². The van der Waals surface area contributed by atoms with Gasteiger partial charge in [0.2, 0.25) is 9.84 Å². The van der Waals surface area contributed by atoms with Crippen molar-refractivity contribution in [3.8, 4) is 0 Å². The second kappa shape index (κ2) is 6.22. The molecular formula is C19H16N2O3S. The predicted molar refractivity (Wildman–Crippen MR) is 92.9 cm³/mol. The average Bonchev–Trinajstić information content (AvgIpc) is 3.11. The first kappa shape index (κ1) is 15.7. The van der Waals surface area contributed by atoms with Crippen LogP contribution >= 0.6 is 0 Å². The maximum Gasteiger partial charge on any atom is 0.208 e. The van der Waals surface area contributed by atoms with E-state index < -0.39 is 9.84 Å². The molecule has 25 heavy (non-hydrogen) atoms. The minimum atomic E-state index is -3.53. The summed E-state index contributed by atoms with van der Waals surface area (Å²) in [5.41, 5.74) is 2.12. The molecule has 0 saturated heterocycles. The molecule has 0 N–H and O–H groups in total. The van der Waals surface area contributed by atoms with E-state index in [0.29, 0.717) is 13.2 Å². The molecule has 0 spiro atoms. The molecule has 0 fully saturated rings. The van der Waals surface area contributed by atoms with Gasteiger partial charge in [0, 0.05) is 36.9 Å². The van der Waals surface area contributed by atoms with Crippen molar-refractivity contribution in [1.29, 1.82) is 0 Å². The zero-order valence-electron chi connectivity index (χ0n) is 13.4. The van der Waals surface area contributed by atoms with E-state index in [-0.39, 0.29) is 9.79 Å². The van der Waals surface area contributed by atoms with E-state index >= 15 is 0 Å². The monoisotopic (exact) mass is 352 g/mol. The number of allylic oxidation sites excluding steroid dienone is 1. The normalized spacial score (nSPS) is 16.1. The van der Waals surface area contributed by atoms with Gasteiger partial charge in [-0.3, -0.25) is 4.98 Å². The van der Waals surface area contributed by atoms with Gasteiger partial charge in [-0.05, 0) is 42.0 Å². The lowest BCUT2D eigenvalue weighted by atomic mass is 10.1. The van der Waals surface area contributed by atoms with Gasteiger partial charge < -0.3 is 9.64 Å². The Kier molecular flexibility index (Phi) is 3.89. The maximum absolute atomic E-state index is 12.6. The third-order valence-electron chi connectivity index (χ3n) is 4.10. The molecule has 0 amide bonds. The van der Waals surface area contributed by atoms with E-state index in [1.54, 1.807) is 30.5 Å². The first-order valence-corrected chi connectivity index (χ1v) is 9.34. The molecule has 0 atom stereocenters. The quantitative estimate of drug-likeness (QED) is 0.846. The highest BCUT2D eigenvalue weighted by molar-refractivity contribution is 7.91. The van der Waals surface area contributed by atoms with Crippen molar-refractivity contribution in [2.45, 2.75) is 16.3 Å². The number of ether oxygens (including phenoxy) is 1. The van der Waals surface area contributed by atoms with Gasteiger partial charge in [0.05, 0.1) is 9.79 Å². The van der Waals surface area contributed by atoms with E-state index in [0.717, 1.165) is 16.9 Å². The number of nitrogens with zero attached hydrogens (tertiary/aromatic N) is 2. The lowest BCUT2D eigenvalue weighted by molar-refractivity contribution is 0.265. The van der Waals surface area contributed by atoms with Gasteiger partial charge in [-0.25, -0.2) is 8.42 Å². The highest BCUT2D eigenvalue weighted by Gasteiger charge is 2.18. The molecule has 126 valence electrons. The van der Waals surface area contributed by atoms with Crippen molar-refractivity contribution in [3.05, 3.63) is 90.2 Å². The zero-order valence-corrected chi connectivity index (χ0v) is 14.2. The van der Waals surface area contributed by atoms with Crippen LogP contribution in [0.5, 0.6) is 0 Å². The molecule has 5 nitrogen and oxygen atoms in total. The van der Waals surface area contributed by atoms with Crippen molar-refractivity contribution in [3.63, 3.8) is 0 Å². The minimum absolute atomic E-state index is 0.198. The van der Waals surface area contributed by atoms with Gasteiger partial charge in [-0.15, -0.1) is 0 Å². The van der Waals surface area contributed by atoms with Crippen LogP contribution in [0, 0.1) is 0 Å². The Balaban J connectivity index is 1.52.